The molecular formula is C138H86N6. The van der Waals surface area contributed by atoms with Crippen LogP contribution in [0.2, 0.25) is 0 Å². The van der Waals surface area contributed by atoms with E-state index in [1.807, 2.05) is 0 Å². The van der Waals surface area contributed by atoms with Crippen LogP contribution in [-0.4, -0.2) is 29.9 Å². The molecule has 0 amide bonds. The lowest BCUT2D eigenvalue weighted by atomic mass is 9.91. The summed E-state index contributed by atoms with van der Waals surface area (Å²) in [6.07, 6.45) is 10.7. The number of hydrogen-bond donors (Lipinski definition) is 0. The molecule has 0 fully saturated rings. The number of aromatic nitrogens is 6. The highest BCUT2D eigenvalue weighted by atomic mass is 14.8. The number of rotatable bonds is 11. The predicted molar refractivity (Wildman–Crippen MR) is 608 cm³/mol. The Morgan fingerprint density at radius 1 is 0.0903 bits per heavy atom. The number of fused-ring (bicyclic) bond motifs is 25. The van der Waals surface area contributed by atoms with Gasteiger partial charge in [-0.05, 0) is 280 Å². The largest absolute Gasteiger partial charge is 0.252 e. The lowest BCUT2D eigenvalue weighted by Crippen LogP contribution is -1.90. The van der Waals surface area contributed by atoms with Gasteiger partial charge in [-0.3, -0.25) is 29.9 Å². The Hall–Kier alpha value is -19.1. The van der Waals surface area contributed by atoms with Gasteiger partial charge in [0.2, 0.25) is 0 Å². The average molecular weight is 1830 g/mol. The second-order valence-electron chi connectivity index (χ2n) is 37.4. The van der Waals surface area contributed by atoms with E-state index in [1.165, 1.54) is 214 Å². The zero-order valence-electron chi connectivity index (χ0n) is 78.3. The van der Waals surface area contributed by atoms with Gasteiger partial charge in [-0.2, -0.15) is 0 Å². The molecule has 0 saturated carbocycles. The van der Waals surface area contributed by atoms with Gasteiger partial charge in [-0.1, -0.05) is 425 Å². The van der Waals surface area contributed by atoms with E-state index in [0.717, 1.165) is 71.0 Å². The molecule has 6 heteroatoms. The monoisotopic (exact) mass is 1830 g/mol. The van der Waals surface area contributed by atoms with Crippen molar-refractivity contribution in [2.45, 2.75) is 0 Å². The van der Waals surface area contributed by atoms with Crippen molar-refractivity contribution in [3.63, 3.8) is 0 Å². The highest BCUT2D eigenvalue weighted by Gasteiger charge is 2.21. The van der Waals surface area contributed by atoms with E-state index in [0.29, 0.717) is 0 Å². The Bertz CT molecular complexity index is 9840. The molecule has 0 atom stereocenters. The van der Waals surface area contributed by atoms with Gasteiger partial charge >= 0.3 is 0 Å². The van der Waals surface area contributed by atoms with E-state index in [1.54, 1.807) is 37.2 Å². The minimum Gasteiger partial charge on any atom is -0.252 e. The Balaban J connectivity index is 0.000000108. The van der Waals surface area contributed by atoms with Crippen LogP contribution in [-0.2, 0) is 0 Å². The van der Waals surface area contributed by atoms with Crippen molar-refractivity contribution in [2.24, 2.45) is 0 Å². The molecule has 29 aromatic rings. The minimum absolute atomic E-state index is 0.924. The van der Waals surface area contributed by atoms with Crippen molar-refractivity contribution in [3.8, 4) is 122 Å². The van der Waals surface area contributed by atoms with E-state index in [-0.39, 0.29) is 0 Å². The minimum atomic E-state index is 0.924. The van der Waals surface area contributed by atoms with Crippen LogP contribution in [0.5, 0.6) is 0 Å². The topological polar surface area (TPSA) is 77.3 Å². The number of benzene rings is 26. The maximum absolute atomic E-state index is 4.88. The van der Waals surface area contributed by atoms with Crippen LogP contribution >= 0.6 is 0 Å². The third-order valence-corrected chi connectivity index (χ3v) is 29.2. The van der Waals surface area contributed by atoms with E-state index < -0.39 is 0 Å². The van der Waals surface area contributed by atoms with Crippen molar-refractivity contribution in [3.05, 3.63) is 522 Å². The fraction of sp³-hybridized carbons (Fsp3) is 0. The second-order valence-corrected chi connectivity index (χ2v) is 37.4. The molecule has 0 aliphatic rings. The molecule has 0 aliphatic heterocycles. The quantitative estimate of drug-likeness (QED) is 0.120. The summed E-state index contributed by atoms with van der Waals surface area (Å²) in [5.74, 6) is 0. The summed E-state index contributed by atoms with van der Waals surface area (Å²) < 4.78 is 0. The lowest BCUT2D eigenvalue weighted by molar-refractivity contribution is 1.31. The van der Waals surface area contributed by atoms with Crippen LogP contribution in [0, 0.1) is 0 Å². The van der Waals surface area contributed by atoms with Crippen molar-refractivity contribution in [1.29, 1.82) is 0 Å². The summed E-state index contributed by atoms with van der Waals surface area (Å²) in [6.45, 7) is 0. The molecule has 26 aromatic carbocycles. The molecule has 0 N–H and O–H groups in total. The first-order valence-electron chi connectivity index (χ1n) is 49.1. The first-order chi connectivity index (χ1) is 71.4. The van der Waals surface area contributed by atoms with E-state index in [4.69, 9.17) is 24.9 Å². The van der Waals surface area contributed by atoms with Gasteiger partial charge < -0.3 is 0 Å². The van der Waals surface area contributed by atoms with Crippen LogP contribution in [0.1, 0.15) is 0 Å². The lowest BCUT2D eigenvalue weighted by Gasteiger charge is -2.14. The molecule has 29 rings (SSSR count). The SMILES string of the molecule is c1cc(-c2ccc3c(c2)c2ccc(-c4cccc(-c5cccc6ccccc56)c4)cc2c2nccnc32)cc(-c2cccc3ccccc23)c1.c1cc(-c2cccc(-c3cc4ccccc4c4ccccc34)c2)cc(-c2ccc3c(c2)c2ccccc2c2nccnc32)c1.c1ccc2c(-c3ccc(-c4ccc5c(c4)c4cc(-c6ccc(-c7cccc8ccccc78)cc6)ccc4c4nccnc54)cc3)cccc2c1. The summed E-state index contributed by atoms with van der Waals surface area (Å²) in [5, 5.41) is 29.0. The Morgan fingerprint density at radius 2 is 0.292 bits per heavy atom. The van der Waals surface area contributed by atoms with Gasteiger partial charge in [0.1, 0.15) is 0 Å². The van der Waals surface area contributed by atoms with Crippen molar-refractivity contribution in [2.75, 3.05) is 0 Å². The molecular weight excluding hydrogens is 1740 g/mol. The summed E-state index contributed by atoms with van der Waals surface area (Å²) in [6, 6.07) is 176. The summed E-state index contributed by atoms with van der Waals surface area (Å²) in [4.78, 5) is 28.8. The van der Waals surface area contributed by atoms with Gasteiger partial charge in [0, 0.05) is 69.5 Å². The van der Waals surface area contributed by atoms with Crippen LogP contribution < -0.4 is 0 Å². The molecule has 6 nitrogen and oxygen atoms in total. The van der Waals surface area contributed by atoms with Crippen LogP contribution in [0.15, 0.2) is 522 Å². The maximum Gasteiger partial charge on any atom is 0.0971 e. The summed E-state index contributed by atoms with van der Waals surface area (Å²) in [7, 11) is 0. The fourth-order valence-corrected chi connectivity index (χ4v) is 22.3. The molecule has 0 saturated heterocycles. The Morgan fingerprint density at radius 3 is 0.653 bits per heavy atom. The number of hydrogen-bond acceptors (Lipinski definition) is 6. The zero-order valence-corrected chi connectivity index (χ0v) is 78.3. The maximum atomic E-state index is 4.88. The van der Waals surface area contributed by atoms with Gasteiger partial charge in [0.25, 0.3) is 0 Å². The molecule has 0 bridgehead atoms. The van der Waals surface area contributed by atoms with Crippen LogP contribution in [0.4, 0.5) is 0 Å². The van der Waals surface area contributed by atoms with Gasteiger partial charge in [-0.25, -0.2) is 0 Å². The smallest absolute Gasteiger partial charge is 0.0971 e. The van der Waals surface area contributed by atoms with Gasteiger partial charge in [0.15, 0.2) is 0 Å². The molecule has 668 valence electrons. The standard InChI is InChI=1S/2C48H30N2.C42H26N2/c1-3-17-39-31(9-1)11-7-19-41(39)37-15-5-13-33(27-37)35-22-24-44-45(29-35)43-23-21-36(30-46(43)48-47(44)49-25-26-50-48)34-14-6-16-38(28-34)42-20-8-12-32-10-2-4-18-40(32)42;1-3-11-39-33(7-1)9-5-13-41(39)35-19-15-31(16-20-35)37-23-25-43-45(29-37)46-30-38(24-26-44(46)48-47(43)49-27-28-50-48)32-17-21-36(22-18-32)42-14-6-10-34-8-2-4-12-40(34)42;1-2-14-33-32(9-1)26-39(35-16-4-3-15-34(33)35)31-13-8-12-29(24-31)27-10-7-11-28(23-27)30-19-20-38-40(25-30)36-17-5-6-18-37(36)41-42(38)44-22-21-43-41/h2*1-30H;1-26H. The summed E-state index contributed by atoms with van der Waals surface area (Å²) >= 11 is 0. The van der Waals surface area contributed by atoms with E-state index in [2.05, 4.69) is 490 Å². The van der Waals surface area contributed by atoms with Gasteiger partial charge in [0.05, 0.1) is 33.1 Å². The molecule has 0 radical (unpaired) electrons. The Labute approximate surface area is 831 Å². The second kappa shape index (κ2) is 35.7. The third-order valence-electron chi connectivity index (χ3n) is 29.2. The predicted octanol–water partition coefficient (Wildman–Crippen LogP) is 37.1. The first kappa shape index (κ1) is 84.2. The highest BCUT2D eigenvalue weighted by Crippen LogP contribution is 2.47. The van der Waals surface area contributed by atoms with Crippen molar-refractivity contribution >= 4 is 162 Å². The first-order valence-corrected chi connectivity index (χ1v) is 49.1. The molecule has 3 heterocycles. The molecule has 0 aliphatic carbocycles. The zero-order chi connectivity index (χ0) is 95.1. The van der Waals surface area contributed by atoms with Crippen LogP contribution in [0.3, 0.4) is 0 Å². The average Bonchev–Trinajstić information content (AvgIpc) is 0.740. The fourth-order valence-electron chi connectivity index (χ4n) is 22.3. The summed E-state index contributed by atoms with van der Waals surface area (Å²) in [5.41, 5.74) is 32.1. The van der Waals surface area contributed by atoms with E-state index in [9.17, 15) is 0 Å². The highest BCUT2D eigenvalue weighted by molar-refractivity contribution is 6.27. The molecule has 0 unspecified atom stereocenters. The van der Waals surface area contributed by atoms with Crippen LogP contribution in [0.25, 0.3) is 285 Å². The van der Waals surface area contributed by atoms with Gasteiger partial charge in [-0.15, -0.1) is 0 Å². The normalized spacial score (nSPS) is 11.6. The molecule has 144 heavy (non-hydrogen) atoms. The van der Waals surface area contributed by atoms with E-state index >= 15 is 0 Å². The van der Waals surface area contributed by atoms with Crippen molar-refractivity contribution in [1.82, 2.24) is 29.9 Å². The third kappa shape index (κ3) is 15.1. The molecule has 3 aromatic heterocycles. The van der Waals surface area contributed by atoms with Crippen molar-refractivity contribution < 1.29 is 0 Å². The Kier molecular flexibility index (Phi) is 20.9. The number of nitrogens with zero attached hydrogens (tertiary/aromatic N) is 6. The molecule has 0 spiro atoms.